The lowest BCUT2D eigenvalue weighted by molar-refractivity contribution is -0.162. The first-order valence-electron chi connectivity index (χ1n) is 22.8. The van der Waals surface area contributed by atoms with Gasteiger partial charge < -0.3 is 60.7 Å². The molecular formula is C48H68N8O12. The lowest BCUT2D eigenvalue weighted by Gasteiger charge is -2.36. The number of rotatable bonds is 15. The van der Waals surface area contributed by atoms with Gasteiger partial charge in [0.2, 0.25) is 41.9 Å². The van der Waals surface area contributed by atoms with Gasteiger partial charge in [-0.3, -0.25) is 33.6 Å². The molecular weight excluding hydrogens is 881 g/mol. The summed E-state index contributed by atoms with van der Waals surface area (Å²) in [4.78, 5) is 118. The fourth-order valence-electron chi connectivity index (χ4n) is 8.15. The van der Waals surface area contributed by atoms with Crippen molar-refractivity contribution in [2.45, 2.75) is 129 Å². The summed E-state index contributed by atoms with van der Waals surface area (Å²) in [7, 11) is 5.69. The number of benzene rings is 2. The second-order valence-corrected chi connectivity index (χ2v) is 17.6. The molecule has 0 aliphatic carbocycles. The van der Waals surface area contributed by atoms with Crippen LogP contribution >= 0.6 is 0 Å². The van der Waals surface area contributed by atoms with Crippen LogP contribution in [0.1, 0.15) is 72.4 Å². The lowest BCUT2D eigenvalue weighted by atomic mass is 9.95. The maximum absolute atomic E-state index is 14.8. The van der Waals surface area contributed by atoms with Gasteiger partial charge in [-0.1, -0.05) is 53.2 Å². The quantitative estimate of drug-likeness (QED) is 0.0835. The maximum Gasteiger partial charge on any atom is 0.329 e. The van der Waals surface area contributed by atoms with Crippen molar-refractivity contribution in [2.24, 2.45) is 11.8 Å². The lowest BCUT2D eigenvalue weighted by Crippen LogP contribution is -2.62. The van der Waals surface area contributed by atoms with Crippen molar-refractivity contribution in [2.75, 3.05) is 28.3 Å². The molecule has 0 spiro atoms. The number of aromatic nitrogens is 1. The van der Waals surface area contributed by atoms with E-state index in [4.69, 9.17) is 14.2 Å². The Morgan fingerprint density at radius 1 is 0.838 bits per heavy atom. The number of amides is 7. The summed E-state index contributed by atoms with van der Waals surface area (Å²) in [5.41, 5.74) is 1.79. The number of likely N-dealkylation sites (N-methyl/N-ethyl adjacent to an activating group) is 2. The fraction of sp³-hybridized carbons (Fsp3) is 0.542. The first-order valence-corrected chi connectivity index (χ1v) is 22.8. The molecule has 1 aliphatic heterocycles. The zero-order valence-corrected chi connectivity index (χ0v) is 40.7. The Bertz CT molecular complexity index is 2270. The second-order valence-electron chi connectivity index (χ2n) is 17.6. The topological polar surface area (TPSA) is 267 Å². The number of aromatic amines is 1. The number of aliphatic hydroxyl groups excluding tert-OH is 1. The largest absolute Gasteiger partial charge is 0.497 e. The number of H-pyrrole nitrogens is 1. The Balaban J connectivity index is 1.93. The smallest absolute Gasteiger partial charge is 0.329 e. The summed E-state index contributed by atoms with van der Waals surface area (Å²) >= 11 is 0. The van der Waals surface area contributed by atoms with Crippen molar-refractivity contribution in [3.8, 4) is 11.5 Å². The minimum atomic E-state index is -1.72. The molecule has 2 aromatic carbocycles. The van der Waals surface area contributed by atoms with Crippen molar-refractivity contribution >= 4 is 58.7 Å². The highest BCUT2D eigenvalue weighted by Gasteiger charge is 2.42. The number of ether oxygens (including phenoxy) is 3. The van der Waals surface area contributed by atoms with Crippen molar-refractivity contribution in [1.82, 2.24) is 41.4 Å². The number of esters is 1. The molecule has 4 rings (SSSR count). The molecule has 1 fully saturated rings. The number of fused-ring (bicyclic) bond motifs is 1. The summed E-state index contributed by atoms with van der Waals surface area (Å²) in [5, 5.41) is 25.1. The molecule has 0 radical (unpaired) electrons. The Morgan fingerprint density at radius 2 is 1.49 bits per heavy atom. The molecule has 372 valence electrons. The number of cyclic esters (lactones) is 1. The van der Waals surface area contributed by atoms with Crippen LogP contribution in [0.2, 0.25) is 0 Å². The molecule has 7 amide bonds. The summed E-state index contributed by atoms with van der Waals surface area (Å²) in [6.45, 7) is 11.2. The highest BCUT2D eigenvalue weighted by molar-refractivity contribution is 5.98. The standard InChI is InChI=1S/C48H68N8O12/c1-12-26(5)41-45(62)54-40(37(58)13-2)47(64)55(8)36(21-30-23-49-34-19-18-32(67-11)22-33(30)34)48(65)68-28(7)39(53-43(60)38(25(3)4)50-24-57)44(61)52-35(20-29-14-16-31(66-10)17-15-29)42(59)51-27(6)46(63)56(41)9/h14-19,22-28,35-41,49,58H,12-13,20-21H2,1-11H3,(H,50,57)(H,51,59)(H,52,61)(H,53,60)(H,54,62)/t26-,27-,28-,35-,36+,37+,38+,39+,40?,41+/m1/s1. The third-order valence-corrected chi connectivity index (χ3v) is 12.6. The SMILES string of the molecule is CC[C@@H](C)[C@H]1C(=O)NC([C@@H](O)CC)C(=O)N(C)[C@@H](Cc2c[nH]c3ccc(OC)cc23)C(=O)O[C@H](C)[C@H](NC(=O)[C@@H](NC=O)C(C)C)C(=O)N[C@H](Cc2ccc(OC)cc2)C(=O)N[C@H](C)C(=O)N1C. The van der Waals surface area contributed by atoms with E-state index in [0.29, 0.717) is 46.4 Å². The van der Waals surface area contributed by atoms with Gasteiger partial charge in [-0.2, -0.15) is 0 Å². The van der Waals surface area contributed by atoms with Crippen LogP contribution in [0.5, 0.6) is 11.5 Å². The number of carbonyl (C=O) groups excluding carboxylic acids is 8. The monoisotopic (exact) mass is 948 g/mol. The van der Waals surface area contributed by atoms with Gasteiger partial charge in [-0.15, -0.1) is 0 Å². The zero-order chi connectivity index (χ0) is 50.6. The van der Waals surface area contributed by atoms with E-state index in [1.54, 1.807) is 76.4 Å². The number of hydrogen-bond acceptors (Lipinski definition) is 12. The molecule has 10 atom stereocenters. The van der Waals surface area contributed by atoms with Crippen LogP contribution in [0.4, 0.5) is 0 Å². The van der Waals surface area contributed by atoms with Gasteiger partial charge in [0.1, 0.15) is 59.9 Å². The summed E-state index contributed by atoms with van der Waals surface area (Å²) < 4.78 is 16.8. The summed E-state index contributed by atoms with van der Waals surface area (Å²) in [6.07, 6.45) is -0.916. The van der Waals surface area contributed by atoms with Crippen LogP contribution < -0.4 is 36.1 Å². The maximum atomic E-state index is 14.8. The number of methoxy groups -OCH3 is 2. The van der Waals surface area contributed by atoms with E-state index in [1.807, 2.05) is 6.92 Å². The van der Waals surface area contributed by atoms with Crippen LogP contribution in [0.3, 0.4) is 0 Å². The summed E-state index contributed by atoms with van der Waals surface area (Å²) in [6, 6.07) is 2.06. The highest BCUT2D eigenvalue weighted by Crippen LogP contribution is 2.27. The normalized spacial score (nSPS) is 24.0. The van der Waals surface area contributed by atoms with E-state index in [0.717, 1.165) is 4.90 Å². The van der Waals surface area contributed by atoms with Crippen LogP contribution in [-0.2, 0) is 55.9 Å². The van der Waals surface area contributed by atoms with Gasteiger partial charge in [0.05, 0.1) is 20.3 Å². The Morgan fingerprint density at radius 3 is 2.07 bits per heavy atom. The van der Waals surface area contributed by atoms with E-state index in [1.165, 1.54) is 47.1 Å². The van der Waals surface area contributed by atoms with Crippen LogP contribution in [0.15, 0.2) is 48.7 Å². The van der Waals surface area contributed by atoms with Gasteiger partial charge in [-0.25, -0.2) is 4.79 Å². The molecule has 0 saturated carbocycles. The summed E-state index contributed by atoms with van der Waals surface area (Å²) in [5.74, 6) is -5.90. The highest BCUT2D eigenvalue weighted by atomic mass is 16.5. The van der Waals surface area contributed by atoms with Gasteiger partial charge in [-0.05, 0) is 73.6 Å². The van der Waals surface area contributed by atoms with Crippen molar-refractivity contribution in [3.63, 3.8) is 0 Å². The molecule has 20 nitrogen and oxygen atoms in total. The van der Waals surface area contributed by atoms with E-state index >= 15 is 0 Å². The Kier molecular flexibility index (Phi) is 19.3. The molecule has 0 bridgehead atoms. The molecule has 1 aliphatic rings. The van der Waals surface area contributed by atoms with Crippen LogP contribution in [-0.4, -0.2) is 151 Å². The van der Waals surface area contributed by atoms with Crippen molar-refractivity contribution in [1.29, 1.82) is 0 Å². The number of hydrogen-bond donors (Lipinski definition) is 7. The van der Waals surface area contributed by atoms with E-state index in [-0.39, 0.29) is 19.3 Å². The molecule has 7 N–H and O–H groups in total. The third kappa shape index (κ3) is 13.0. The second kappa shape index (κ2) is 24.4. The van der Waals surface area contributed by atoms with E-state index in [2.05, 4.69) is 31.6 Å². The number of nitrogens with zero attached hydrogens (tertiary/aromatic N) is 2. The average Bonchev–Trinajstić information content (AvgIpc) is 3.73. The Labute approximate surface area is 396 Å². The first kappa shape index (κ1) is 53.9. The van der Waals surface area contributed by atoms with Crippen molar-refractivity contribution < 1.29 is 57.7 Å². The van der Waals surface area contributed by atoms with Gasteiger partial charge in [0.25, 0.3) is 0 Å². The molecule has 68 heavy (non-hydrogen) atoms. The van der Waals surface area contributed by atoms with Gasteiger partial charge in [0, 0.05) is 44.0 Å². The molecule has 1 aromatic heterocycles. The first-order chi connectivity index (χ1) is 32.2. The molecule has 20 heteroatoms. The zero-order valence-electron chi connectivity index (χ0n) is 40.7. The van der Waals surface area contributed by atoms with Gasteiger partial charge in [0.15, 0.2) is 0 Å². The predicted octanol–water partition coefficient (Wildman–Crippen LogP) is 1.12. The predicted molar refractivity (Wildman–Crippen MR) is 251 cm³/mol. The van der Waals surface area contributed by atoms with Gasteiger partial charge >= 0.3 is 5.97 Å². The molecule has 1 saturated heterocycles. The Hall–Kier alpha value is -6.70. The van der Waals surface area contributed by atoms with E-state index in [9.17, 15) is 43.5 Å². The third-order valence-electron chi connectivity index (χ3n) is 12.6. The number of nitrogens with one attached hydrogen (secondary N) is 6. The van der Waals surface area contributed by atoms with Crippen LogP contribution in [0.25, 0.3) is 10.9 Å². The molecule has 2 heterocycles. The van der Waals surface area contributed by atoms with Crippen molar-refractivity contribution in [3.05, 3.63) is 59.8 Å². The minimum absolute atomic E-state index is 0.00470. The minimum Gasteiger partial charge on any atom is -0.497 e. The molecule has 3 aromatic rings. The number of aliphatic hydroxyl groups is 1. The molecule has 1 unspecified atom stereocenters. The van der Waals surface area contributed by atoms with E-state index < -0.39 is 108 Å². The fourth-order valence-corrected chi connectivity index (χ4v) is 8.15. The van der Waals surface area contributed by atoms with Crippen LogP contribution in [0, 0.1) is 11.8 Å². The number of carbonyl (C=O) groups is 8. The average molecular weight is 949 g/mol.